The van der Waals surface area contributed by atoms with Crippen molar-refractivity contribution >= 4 is 11.6 Å². The van der Waals surface area contributed by atoms with E-state index in [1.807, 2.05) is 6.07 Å². The molecule has 0 bridgehead atoms. The molecule has 0 nitrogen and oxygen atoms in total. The molecule has 0 radical (unpaired) electrons. The summed E-state index contributed by atoms with van der Waals surface area (Å²) in [6.07, 6.45) is 0. The van der Waals surface area contributed by atoms with E-state index in [0.717, 1.165) is 5.02 Å². The van der Waals surface area contributed by atoms with Gasteiger partial charge in [-0.25, -0.2) is 0 Å². The third-order valence-electron chi connectivity index (χ3n) is 6.61. The summed E-state index contributed by atoms with van der Waals surface area (Å²) in [5.74, 6) is 0. The largest absolute Gasteiger partial charge is 0.0843 e. The van der Waals surface area contributed by atoms with Crippen LogP contribution in [-0.2, 0) is 5.41 Å². The van der Waals surface area contributed by atoms with Crippen molar-refractivity contribution in [2.24, 2.45) is 0 Å². The third-order valence-corrected chi connectivity index (χ3v) is 6.85. The fourth-order valence-corrected chi connectivity index (χ4v) is 5.59. The van der Waals surface area contributed by atoms with Crippen molar-refractivity contribution < 1.29 is 0 Å². The van der Waals surface area contributed by atoms with Crippen molar-refractivity contribution in [2.45, 2.75) is 5.41 Å². The van der Waals surface area contributed by atoms with Crippen LogP contribution >= 0.6 is 11.6 Å². The molecule has 6 rings (SSSR count). The molecule has 0 aliphatic heterocycles. The maximum atomic E-state index is 6.58. The molecule has 0 fully saturated rings. The van der Waals surface area contributed by atoms with E-state index in [4.69, 9.17) is 11.6 Å². The van der Waals surface area contributed by atoms with E-state index in [-0.39, 0.29) is 0 Å². The van der Waals surface area contributed by atoms with Crippen LogP contribution in [0.5, 0.6) is 0 Å². The molecule has 1 atom stereocenters. The minimum atomic E-state index is -0.454. The summed E-state index contributed by atoms with van der Waals surface area (Å²) in [7, 11) is 0. The first kappa shape index (κ1) is 19.1. The fraction of sp³-hybridized carbons (Fsp3) is 0.0323. The number of benzene rings is 5. The Morgan fingerprint density at radius 1 is 0.469 bits per heavy atom. The van der Waals surface area contributed by atoms with Crippen molar-refractivity contribution in [1.82, 2.24) is 0 Å². The average molecular weight is 429 g/mol. The molecule has 0 heterocycles. The number of fused-ring (bicyclic) bond motifs is 3. The predicted molar refractivity (Wildman–Crippen MR) is 134 cm³/mol. The lowest BCUT2D eigenvalue weighted by Crippen LogP contribution is -2.29. The van der Waals surface area contributed by atoms with Crippen LogP contribution in [0.3, 0.4) is 0 Å². The summed E-state index contributed by atoms with van der Waals surface area (Å²) in [6, 6.07) is 45.4. The number of rotatable bonds is 3. The lowest BCUT2D eigenvalue weighted by atomic mass is 9.66. The Labute approximate surface area is 193 Å². The summed E-state index contributed by atoms with van der Waals surface area (Å²) in [6.45, 7) is 0. The van der Waals surface area contributed by atoms with Crippen LogP contribution in [0.25, 0.3) is 22.3 Å². The molecular formula is C31H21Cl. The molecule has 152 valence electrons. The van der Waals surface area contributed by atoms with Crippen LogP contribution < -0.4 is 0 Å². The summed E-state index contributed by atoms with van der Waals surface area (Å²) >= 11 is 6.58. The molecule has 1 aliphatic carbocycles. The van der Waals surface area contributed by atoms with Crippen LogP contribution in [0.4, 0.5) is 0 Å². The van der Waals surface area contributed by atoms with Gasteiger partial charge in [0.1, 0.15) is 0 Å². The zero-order chi connectivity index (χ0) is 21.5. The number of hydrogen-bond donors (Lipinski definition) is 0. The first-order chi connectivity index (χ1) is 15.8. The SMILES string of the molecule is Clc1cccc(C2(c3ccccc3)c3ccccc3-c3cccc(-c4ccccc4)c32)c1. The van der Waals surface area contributed by atoms with Gasteiger partial charge in [-0.1, -0.05) is 127 Å². The molecule has 0 saturated heterocycles. The zero-order valence-corrected chi connectivity index (χ0v) is 18.3. The van der Waals surface area contributed by atoms with Gasteiger partial charge in [-0.2, -0.15) is 0 Å². The Bertz CT molecular complexity index is 1420. The molecule has 0 aromatic heterocycles. The van der Waals surface area contributed by atoms with Crippen molar-refractivity contribution in [3.05, 3.63) is 155 Å². The van der Waals surface area contributed by atoms with E-state index in [2.05, 4.69) is 121 Å². The Balaban J connectivity index is 1.83. The van der Waals surface area contributed by atoms with Gasteiger partial charge in [0.25, 0.3) is 0 Å². The van der Waals surface area contributed by atoms with E-state index in [9.17, 15) is 0 Å². The van der Waals surface area contributed by atoms with Gasteiger partial charge < -0.3 is 0 Å². The number of halogens is 1. The van der Waals surface area contributed by atoms with Gasteiger partial charge in [-0.3, -0.25) is 0 Å². The highest BCUT2D eigenvalue weighted by atomic mass is 35.5. The van der Waals surface area contributed by atoms with Crippen molar-refractivity contribution in [1.29, 1.82) is 0 Å². The maximum Gasteiger partial charge on any atom is 0.0720 e. The Morgan fingerprint density at radius 3 is 1.84 bits per heavy atom. The smallest absolute Gasteiger partial charge is 0.0720 e. The molecule has 0 N–H and O–H groups in total. The quantitative estimate of drug-likeness (QED) is 0.265. The van der Waals surface area contributed by atoms with E-state index in [0.29, 0.717) is 0 Å². The van der Waals surface area contributed by atoms with Crippen molar-refractivity contribution in [2.75, 3.05) is 0 Å². The molecule has 1 unspecified atom stereocenters. The van der Waals surface area contributed by atoms with Gasteiger partial charge in [0.05, 0.1) is 5.41 Å². The van der Waals surface area contributed by atoms with Crippen LogP contribution in [-0.4, -0.2) is 0 Å². The Morgan fingerprint density at radius 2 is 1.06 bits per heavy atom. The van der Waals surface area contributed by atoms with Crippen molar-refractivity contribution in [3.63, 3.8) is 0 Å². The van der Waals surface area contributed by atoms with E-state index in [1.165, 1.54) is 44.5 Å². The summed E-state index contributed by atoms with van der Waals surface area (Å²) in [5, 5.41) is 0.751. The fourth-order valence-electron chi connectivity index (χ4n) is 5.39. The van der Waals surface area contributed by atoms with Crippen molar-refractivity contribution in [3.8, 4) is 22.3 Å². The lowest BCUT2D eigenvalue weighted by molar-refractivity contribution is 0.770. The van der Waals surface area contributed by atoms with E-state index in [1.54, 1.807) is 0 Å². The second-order valence-corrected chi connectivity index (χ2v) is 8.70. The molecule has 1 aliphatic rings. The first-order valence-electron chi connectivity index (χ1n) is 10.9. The first-order valence-corrected chi connectivity index (χ1v) is 11.3. The zero-order valence-electron chi connectivity index (χ0n) is 17.5. The van der Waals surface area contributed by atoms with Crippen LogP contribution in [0.2, 0.25) is 5.02 Å². The van der Waals surface area contributed by atoms with Gasteiger partial charge >= 0.3 is 0 Å². The highest BCUT2D eigenvalue weighted by molar-refractivity contribution is 6.30. The maximum absolute atomic E-state index is 6.58. The highest BCUT2D eigenvalue weighted by Gasteiger charge is 2.47. The standard InChI is InChI=1S/C31H21Cl/c32-25-16-9-15-24(21-25)31(23-13-5-2-6-14-23)29-20-8-7-17-27(29)28-19-10-18-26(30(28)31)22-11-3-1-4-12-22/h1-21H. The molecule has 32 heavy (non-hydrogen) atoms. The molecule has 0 amide bonds. The lowest BCUT2D eigenvalue weighted by Gasteiger charge is -2.35. The van der Waals surface area contributed by atoms with E-state index < -0.39 is 5.41 Å². The van der Waals surface area contributed by atoms with Gasteiger partial charge in [-0.15, -0.1) is 0 Å². The number of hydrogen-bond acceptors (Lipinski definition) is 0. The summed E-state index contributed by atoms with van der Waals surface area (Å²) in [4.78, 5) is 0. The Kier molecular flexibility index (Phi) is 4.48. The molecule has 5 aromatic carbocycles. The second kappa shape index (κ2) is 7.51. The topological polar surface area (TPSA) is 0 Å². The normalized spacial score (nSPS) is 16.4. The molecule has 1 heteroatoms. The highest BCUT2D eigenvalue weighted by Crippen LogP contribution is 2.58. The minimum Gasteiger partial charge on any atom is -0.0843 e. The third kappa shape index (κ3) is 2.70. The minimum absolute atomic E-state index is 0.454. The van der Waals surface area contributed by atoms with Crippen LogP contribution in [0.1, 0.15) is 22.3 Å². The summed E-state index contributed by atoms with van der Waals surface area (Å²) < 4.78 is 0. The average Bonchev–Trinajstić information content (AvgIpc) is 3.17. The predicted octanol–water partition coefficient (Wildman–Crippen LogP) is 8.37. The van der Waals surface area contributed by atoms with Gasteiger partial charge in [0, 0.05) is 5.02 Å². The summed E-state index contributed by atoms with van der Waals surface area (Å²) in [5.41, 5.74) is 9.64. The Hall–Kier alpha value is -3.61. The van der Waals surface area contributed by atoms with Gasteiger partial charge in [-0.05, 0) is 56.6 Å². The van der Waals surface area contributed by atoms with Crippen LogP contribution in [0.15, 0.2) is 127 Å². The molecule has 0 saturated carbocycles. The monoisotopic (exact) mass is 428 g/mol. The molecular weight excluding hydrogens is 408 g/mol. The van der Waals surface area contributed by atoms with Crippen LogP contribution in [0, 0.1) is 0 Å². The second-order valence-electron chi connectivity index (χ2n) is 8.27. The molecule has 0 spiro atoms. The van der Waals surface area contributed by atoms with E-state index >= 15 is 0 Å². The van der Waals surface area contributed by atoms with Gasteiger partial charge in [0.15, 0.2) is 0 Å². The molecule has 5 aromatic rings. The van der Waals surface area contributed by atoms with Gasteiger partial charge in [0.2, 0.25) is 0 Å².